The van der Waals surface area contributed by atoms with Crippen LogP contribution in [0.3, 0.4) is 0 Å². The Morgan fingerprint density at radius 2 is 1.93 bits per heavy atom. The van der Waals surface area contributed by atoms with Crippen molar-refractivity contribution in [1.82, 2.24) is 10.3 Å². The number of hydrogen-bond donors (Lipinski definition) is 2. The summed E-state index contributed by atoms with van der Waals surface area (Å²) >= 11 is 0. The average Bonchev–Trinajstić information content (AvgIpc) is 3.00. The van der Waals surface area contributed by atoms with Gasteiger partial charge in [0.05, 0.1) is 11.9 Å². The van der Waals surface area contributed by atoms with Gasteiger partial charge in [-0.3, -0.25) is 0 Å². The van der Waals surface area contributed by atoms with E-state index in [-0.39, 0.29) is 28.5 Å². The first-order valence-electron chi connectivity index (χ1n) is 14.9. The third-order valence-electron chi connectivity index (χ3n) is 8.00. The van der Waals surface area contributed by atoms with E-state index in [1.54, 1.807) is 31.3 Å². The van der Waals surface area contributed by atoms with Crippen LogP contribution in [0.5, 0.6) is 5.75 Å². The maximum absolute atomic E-state index is 16.0. The van der Waals surface area contributed by atoms with Crippen molar-refractivity contribution in [2.45, 2.75) is 60.3 Å². The molecule has 2 aliphatic rings. The fourth-order valence-electron chi connectivity index (χ4n) is 5.23. The van der Waals surface area contributed by atoms with Gasteiger partial charge in [0.2, 0.25) is 5.83 Å². The van der Waals surface area contributed by atoms with E-state index in [1.165, 1.54) is 13.1 Å². The van der Waals surface area contributed by atoms with Crippen LogP contribution in [0.25, 0.3) is 6.08 Å². The molecule has 2 aliphatic heterocycles. The molecule has 1 aromatic carbocycles. The first kappa shape index (κ1) is 31.3. The molecule has 42 heavy (non-hydrogen) atoms. The van der Waals surface area contributed by atoms with Gasteiger partial charge in [-0.25, -0.2) is 18.8 Å². The van der Waals surface area contributed by atoms with Gasteiger partial charge in [-0.05, 0) is 50.3 Å². The molecular formula is C33H42F3N5O. The molecule has 2 aromatic rings. The van der Waals surface area contributed by atoms with Crippen molar-refractivity contribution in [2.24, 2.45) is 16.8 Å². The van der Waals surface area contributed by atoms with Crippen molar-refractivity contribution in [1.29, 1.82) is 0 Å². The maximum atomic E-state index is 16.0. The lowest BCUT2D eigenvalue weighted by atomic mass is 9.93. The SMILES string of the molecule is CCC(CC)C/C(C)=C\c1c(C)c(F)cc(O/C2=C(F)/C(Nc3ccc(N4CCNCC4)cn3)=N/C=C/CC2C)c1F. The summed E-state index contributed by atoms with van der Waals surface area (Å²) in [6, 6.07) is 4.67. The number of aromatic nitrogens is 1. The number of aliphatic imine (C=N–C) groups is 1. The zero-order valence-corrected chi connectivity index (χ0v) is 25.2. The number of pyridine rings is 1. The van der Waals surface area contributed by atoms with Crippen LogP contribution in [0.1, 0.15) is 64.5 Å². The largest absolute Gasteiger partial charge is 0.455 e. The van der Waals surface area contributed by atoms with Crippen LogP contribution < -0.4 is 20.3 Å². The van der Waals surface area contributed by atoms with Gasteiger partial charge >= 0.3 is 0 Å². The molecule has 1 fully saturated rings. The van der Waals surface area contributed by atoms with E-state index in [1.807, 2.05) is 13.0 Å². The van der Waals surface area contributed by atoms with Crippen molar-refractivity contribution in [3.63, 3.8) is 0 Å². The molecule has 0 aliphatic carbocycles. The van der Waals surface area contributed by atoms with E-state index in [4.69, 9.17) is 4.74 Å². The van der Waals surface area contributed by atoms with E-state index in [9.17, 15) is 0 Å². The fraction of sp³-hybridized carbons (Fsp3) is 0.455. The minimum atomic E-state index is -0.790. The highest BCUT2D eigenvalue weighted by molar-refractivity contribution is 6.06. The van der Waals surface area contributed by atoms with E-state index in [2.05, 4.69) is 39.4 Å². The number of halogens is 3. The minimum Gasteiger partial charge on any atom is -0.455 e. The zero-order valence-electron chi connectivity index (χ0n) is 25.2. The fourth-order valence-corrected chi connectivity index (χ4v) is 5.23. The van der Waals surface area contributed by atoms with Crippen LogP contribution in [0.15, 0.2) is 58.8 Å². The predicted octanol–water partition coefficient (Wildman–Crippen LogP) is 7.93. The highest BCUT2D eigenvalue weighted by Gasteiger charge is 2.26. The van der Waals surface area contributed by atoms with Gasteiger partial charge in [-0.1, -0.05) is 51.3 Å². The van der Waals surface area contributed by atoms with Gasteiger partial charge in [0.25, 0.3) is 0 Å². The van der Waals surface area contributed by atoms with Crippen LogP contribution in [-0.2, 0) is 0 Å². The topological polar surface area (TPSA) is 61.8 Å². The summed E-state index contributed by atoms with van der Waals surface area (Å²) in [5.74, 6) is -2.34. The van der Waals surface area contributed by atoms with Gasteiger partial charge in [-0.2, -0.15) is 4.39 Å². The molecule has 1 saturated heterocycles. The number of amidine groups is 1. The van der Waals surface area contributed by atoms with Crippen LogP contribution in [0.4, 0.5) is 24.7 Å². The Labute approximate surface area is 247 Å². The molecule has 4 rings (SSSR count). The van der Waals surface area contributed by atoms with Crippen molar-refractivity contribution in [3.8, 4) is 5.75 Å². The number of allylic oxidation sites excluding steroid dienone is 3. The van der Waals surface area contributed by atoms with E-state index >= 15 is 13.2 Å². The van der Waals surface area contributed by atoms with Crippen molar-refractivity contribution < 1.29 is 17.9 Å². The monoisotopic (exact) mass is 581 g/mol. The van der Waals surface area contributed by atoms with Gasteiger partial charge in [0.1, 0.15) is 17.4 Å². The highest BCUT2D eigenvalue weighted by Crippen LogP contribution is 2.34. The Morgan fingerprint density at radius 1 is 1.19 bits per heavy atom. The lowest BCUT2D eigenvalue weighted by Crippen LogP contribution is -2.43. The Bertz CT molecular complexity index is 1360. The van der Waals surface area contributed by atoms with Crippen LogP contribution >= 0.6 is 0 Å². The van der Waals surface area contributed by atoms with E-state index in [0.717, 1.165) is 62.8 Å². The molecule has 0 bridgehead atoms. The second-order valence-corrected chi connectivity index (χ2v) is 11.1. The standard InChI is InChI=1S/C33H42F3N5O/c1-6-24(7-2)17-21(3)18-26-23(5)27(34)19-28(30(26)35)42-32-22(4)9-8-12-38-33(31(32)36)40-29-11-10-25(20-39-29)41-15-13-37-14-16-41/h8,10-12,18-20,22,24,37H,6-7,9,13-17H2,1-5H3,(H,38,39,40)/b12-8+,21-18-,32-31-. The maximum Gasteiger partial charge on any atom is 0.204 e. The molecule has 0 saturated carbocycles. The second-order valence-electron chi connectivity index (χ2n) is 11.1. The predicted molar refractivity (Wildman–Crippen MR) is 165 cm³/mol. The highest BCUT2D eigenvalue weighted by atomic mass is 19.1. The molecule has 6 nitrogen and oxygen atoms in total. The quantitative estimate of drug-likeness (QED) is 0.315. The van der Waals surface area contributed by atoms with Gasteiger partial charge < -0.3 is 20.3 Å². The molecule has 226 valence electrons. The Morgan fingerprint density at radius 3 is 2.60 bits per heavy atom. The molecule has 2 N–H and O–H groups in total. The summed E-state index contributed by atoms with van der Waals surface area (Å²) < 4.78 is 52.8. The summed E-state index contributed by atoms with van der Waals surface area (Å²) in [5, 5.41) is 6.25. The Hall–Kier alpha value is -3.59. The lowest BCUT2D eigenvalue weighted by Gasteiger charge is -2.29. The molecule has 1 atom stereocenters. The third kappa shape index (κ3) is 7.62. The van der Waals surface area contributed by atoms with E-state index < -0.39 is 23.4 Å². The smallest absolute Gasteiger partial charge is 0.204 e. The minimum absolute atomic E-state index is 0.119. The number of nitrogens with one attached hydrogen (secondary N) is 2. The number of benzene rings is 1. The summed E-state index contributed by atoms with van der Waals surface area (Å²) in [6.45, 7) is 13.1. The van der Waals surface area contributed by atoms with Crippen LogP contribution in [0.2, 0.25) is 0 Å². The molecule has 1 unspecified atom stereocenters. The lowest BCUT2D eigenvalue weighted by molar-refractivity contribution is 0.321. The van der Waals surface area contributed by atoms with Crippen molar-refractivity contribution in [2.75, 3.05) is 36.4 Å². The number of hydrogen-bond acceptors (Lipinski definition) is 6. The molecule has 1 aromatic heterocycles. The normalized spacial score (nSPS) is 21.9. The van der Waals surface area contributed by atoms with Gasteiger partial charge in [0.15, 0.2) is 17.4 Å². The van der Waals surface area contributed by atoms with E-state index in [0.29, 0.717) is 18.2 Å². The third-order valence-corrected chi connectivity index (χ3v) is 8.00. The Balaban J connectivity index is 1.62. The molecular weight excluding hydrogens is 539 g/mol. The van der Waals surface area contributed by atoms with Crippen LogP contribution in [-0.4, -0.2) is 37.0 Å². The number of anilines is 2. The van der Waals surface area contributed by atoms with Crippen molar-refractivity contribution >= 4 is 23.4 Å². The number of piperazine rings is 1. The number of rotatable bonds is 9. The summed E-state index contributed by atoms with van der Waals surface area (Å²) in [6.07, 6.45) is 9.93. The first-order chi connectivity index (χ1) is 20.2. The van der Waals surface area contributed by atoms with Crippen molar-refractivity contribution in [3.05, 3.63) is 76.6 Å². The molecule has 0 spiro atoms. The molecule has 9 heteroatoms. The number of ether oxygens (including phenoxy) is 1. The van der Waals surface area contributed by atoms with Gasteiger partial charge in [0, 0.05) is 49.9 Å². The summed E-state index contributed by atoms with van der Waals surface area (Å²) in [4.78, 5) is 10.9. The van der Waals surface area contributed by atoms with Gasteiger partial charge in [-0.15, -0.1) is 0 Å². The molecule has 3 heterocycles. The summed E-state index contributed by atoms with van der Waals surface area (Å²) in [7, 11) is 0. The average molecular weight is 582 g/mol. The summed E-state index contributed by atoms with van der Waals surface area (Å²) in [5.41, 5.74) is 2.23. The second kappa shape index (κ2) is 14.5. The molecule has 0 amide bonds. The first-order valence-corrected chi connectivity index (χ1v) is 14.9. The van der Waals surface area contributed by atoms with Crippen LogP contribution in [0, 0.1) is 30.4 Å². The zero-order chi connectivity index (χ0) is 30.2. The Kier molecular flexibility index (Phi) is 10.8. The number of nitrogens with zero attached hydrogens (tertiary/aromatic N) is 3. The molecule has 0 radical (unpaired) electrons.